The quantitative estimate of drug-likeness (QED) is 0.740. The number of carbonyl (C=O) groups excluding carboxylic acids is 1. The molecule has 0 radical (unpaired) electrons. The Morgan fingerprint density at radius 2 is 1.94 bits per heavy atom. The minimum absolute atomic E-state index is 0.0739. The lowest BCUT2D eigenvalue weighted by Crippen LogP contribution is -2.11. The van der Waals surface area contributed by atoms with Gasteiger partial charge in [-0.25, -0.2) is 8.78 Å². The molecule has 1 aromatic heterocycles. The number of Topliss-reactive ketones (excluding diaryl/α,β-unsaturated/α-hetero) is 1. The molecule has 0 aliphatic heterocycles. The van der Waals surface area contributed by atoms with Gasteiger partial charge < -0.3 is 4.57 Å². The summed E-state index contributed by atoms with van der Waals surface area (Å²) < 4.78 is 27.2. The largest absolute Gasteiger partial charge is 0.312 e. The van der Waals surface area contributed by atoms with Crippen LogP contribution < -0.4 is 0 Å². The molecule has 0 bridgehead atoms. The van der Waals surface area contributed by atoms with E-state index in [-0.39, 0.29) is 12.1 Å². The Hall–Kier alpha value is -2.11. The molecule has 0 amide bonds. The van der Waals surface area contributed by atoms with E-state index in [0.717, 1.165) is 12.1 Å². The van der Waals surface area contributed by atoms with Gasteiger partial charge in [-0.2, -0.15) is 0 Å². The summed E-state index contributed by atoms with van der Waals surface area (Å²) >= 11 is 0. The predicted molar refractivity (Wildman–Crippen MR) is 50.7 cm³/mol. The second-order valence-corrected chi connectivity index (χ2v) is 3.18. The van der Waals surface area contributed by atoms with Crippen molar-refractivity contribution in [2.45, 2.75) is 6.54 Å². The summed E-state index contributed by atoms with van der Waals surface area (Å²) in [5, 5.41) is 7.02. The van der Waals surface area contributed by atoms with E-state index >= 15 is 0 Å². The predicted octanol–water partition coefficient (Wildman–Crippen LogP) is 1.44. The lowest BCUT2D eigenvalue weighted by atomic mass is 10.1. The molecular weight excluding hydrogens is 216 g/mol. The molecule has 0 N–H and O–H groups in total. The Morgan fingerprint density at radius 1 is 1.25 bits per heavy atom. The molecule has 0 fully saturated rings. The Bertz CT molecular complexity index is 511. The van der Waals surface area contributed by atoms with Gasteiger partial charge in [0.25, 0.3) is 0 Å². The summed E-state index contributed by atoms with van der Waals surface area (Å²) in [7, 11) is 0. The summed E-state index contributed by atoms with van der Waals surface area (Å²) in [6.45, 7) is -0.0739. The van der Waals surface area contributed by atoms with Gasteiger partial charge in [0.15, 0.2) is 5.78 Å². The van der Waals surface area contributed by atoms with Crippen molar-refractivity contribution in [3.05, 3.63) is 48.1 Å². The Kier molecular flexibility index (Phi) is 2.72. The lowest BCUT2D eigenvalue weighted by Gasteiger charge is -2.02. The van der Waals surface area contributed by atoms with Crippen molar-refractivity contribution in [2.24, 2.45) is 0 Å². The van der Waals surface area contributed by atoms with Crippen LogP contribution in [-0.2, 0) is 6.54 Å². The SMILES string of the molecule is O=C(Cn1cnnc1)c1ccc(F)cc1F. The van der Waals surface area contributed by atoms with Crippen molar-refractivity contribution < 1.29 is 13.6 Å². The summed E-state index contributed by atoms with van der Waals surface area (Å²) in [4.78, 5) is 11.6. The Balaban J connectivity index is 2.21. The molecule has 0 unspecified atom stereocenters. The Morgan fingerprint density at radius 3 is 2.56 bits per heavy atom. The maximum Gasteiger partial charge on any atom is 0.185 e. The van der Waals surface area contributed by atoms with Crippen molar-refractivity contribution in [3.63, 3.8) is 0 Å². The van der Waals surface area contributed by atoms with E-state index in [1.165, 1.54) is 17.2 Å². The fraction of sp³-hybridized carbons (Fsp3) is 0.100. The average Bonchev–Trinajstić information content (AvgIpc) is 2.70. The summed E-state index contributed by atoms with van der Waals surface area (Å²) in [5.74, 6) is -2.03. The smallest absolute Gasteiger partial charge is 0.185 e. The zero-order valence-electron chi connectivity index (χ0n) is 8.10. The van der Waals surface area contributed by atoms with Crippen molar-refractivity contribution in [3.8, 4) is 0 Å². The first-order valence-corrected chi connectivity index (χ1v) is 4.47. The number of hydrogen-bond acceptors (Lipinski definition) is 3. The van der Waals surface area contributed by atoms with Crippen LogP contribution in [0.1, 0.15) is 10.4 Å². The van der Waals surface area contributed by atoms with E-state index < -0.39 is 17.4 Å². The molecule has 6 heteroatoms. The van der Waals surface area contributed by atoms with Gasteiger partial charge in [0.1, 0.15) is 24.3 Å². The molecular formula is C10H7F2N3O. The molecule has 4 nitrogen and oxygen atoms in total. The third-order valence-corrected chi connectivity index (χ3v) is 2.02. The van der Waals surface area contributed by atoms with E-state index in [2.05, 4.69) is 10.2 Å². The van der Waals surface area contributed by atoms with Crippen LogP contribution in [0.2, 0.25) is 0 Å². The average molecular weight is 223 g/mol. The summed E-state index contributed by atoms with van der Waals surface area (Å²) in [6, 6.07) is 2.85. The van der Waals surface area contributed by atoms with Crippen LogP contribution in [0.25, 0.3) is 0 Å². The van der Waals surface area contributed by atoms with Gasteiger partial charge in [-0.15, -0.1) is 10.2 Å². The van der Waals surface area contributed by atoms with Crippen LogP contribution in [0.15, 0.2) is 30.9 Å². The number of aromatic nitrogens is 3. The molecule has 1 heterocycles. The highest BCUT2D eigenvalue weighted by atomic mass is 19.1. The topological polar surface area (TPSA) is 47.8 Å². The molecule has 0 saturated carbocycles. The number of carbonyl (C=O) groups is 1. The zero-order valence-corrected chi connectivity index (χ0v) is 8.10. The molecule has 2 aromatic rings. The van der Waals surface area contributed by atoms with Gasteiger partial charge in [-0.1, -0.05) is 0 Å². The molecule has 1 aromatic carbocycles. The maximum atomic E-state index is 13.2. The second-order valence-electron chi connectivity index (χ2n) is 3.18. The van der Waals surface area contributed by atoms with Gasteiger partial charge in [-0.3, -0.25) is 4.79 Å². The van der Waals surface area contributed by atoms with Crippen LogP contribution in [0, 0.1) is 11.6 Å². The van der Waals surface area contributed by atoms with Crippen molar-refractivity contribution in [1.82, 2.24) is 14.8 Å². The highest BCUT2D eigenvalue weighted by Crippen LogP contribution is 2.10. The number of hydrogen-bond donors (Lipinski definition) is 0. The van der Waals surface area contributed by atoms with E-state index in [0.29, 0.717) is 6.07 Å². The van der Waals surface area contributed by atoms with E-state index in [4.69, 9.17) is 0 Å². The molecule has 0 spiro atoms. The maximum absolute atomic E-state index is 13.2. The fourth-order valence-corrected chi connectivity index (χ4v) is 1.27. The lowest BCUT2D eigenvalue weighted by molar-refractivity contribution is 0.0968. The highest BCUT2D eigenvalue weighted by Gasteiger charge is 2.12. The van der Waals surface area contributed by atoms with Gasteiger partial charge in [0.2, 0.25) is 0 Å². The zero-order chi connectivity index (χ0) is 11.5. The number of nitrogens with zero attached hydrogens (tertiary/aromatic N) is 3. The fourth-order valence-electron chi connectivity index (χ4n) is 1.27. The number of ketones is 1. The summed E-state index contributed by atoms with van der Waals surface area (Å²) in [5.41, 5.74) is -0.143. The first-order valence-electron chi connectivity index (χ1n) is 4.47. The van der Waals surface area contributed by atoms with Crippen LogP contribution in [0.3, 0.4) is 0 Å². The first kappa shape index (κ1) is 10.4. The van der Waals surface area contributed by atoms with Crippen molar-refractivity contribution >= 4 is 5.78 Å². The third kappa shape index (κ3) is 2.10. The Labute approximate surface area is 89.5 Å². The molecule has 16 heavy (non-hydrogen) atoms. The minimum Gasteiger partial charge on any atom is -0.312 e. The molecule has 0 aliphatic carbocycles. The monoisotopic (exact) mass is 223 g/mol. The normalized spacial score (nSPS) is 10.4. The minimum atomic E-state index is -0.863. The van der Waals surface area contributed by atoms with E-state index in [1.807, 2.05) is 0 Å². The van der Waals surface area contributed by atoms with E-state index in [9.17, 15) is 13.6 Å². The number of halogens is 2. The molecule has 2 rings (SSSR count). The molecule has 0 saturated heterocycles. The molecule has 0 atom stereocenters. The standard InChI is InChI=1S/C10H7F2N3O/c11-7-1-2-8(9(12)3-7)10(16)4-15-5-13-14-6-15/h1-3,5-6H,4H2. The van der Waals surface area contributed by atoms with Gasteiger partial charge >= 0.3 is 0 Å². The second kappa shape index (κ2) is 4.18. The van der Waals surface area contributed by atoms with Crippen LogP contribution >= 0.6 is 0 Å². The van der Waals surface area contributed by atoms with Gasteiger partial charge in [0, 0.05) is 6.07 Å². The molecule has 0 aliphatic rings. The van der Waals surface area contributed by atoms with Gasteiger partial charge in [-0.05, 0) is 12.1 Å². The van der Waals surface area contributed by atoms with Crippen LogP contribution in [-0.4, -0.2) is 20.5 Å². The molecule has 82 valence electrons. The van der Waals surface area contributed by atoms with E-state index in [1.54, 1.807) is 0 Å². The van der Waals surface area contributed by atoms with Crippen LogP contribution in [0.5, 0.6) is 0 Å². The number of benzene rings is 1. The van der Waals surface area contributed by atoms with Crippen molar-refractivity contribution in [1.29, 1.82) is 0 Å². The van der Waals surface area contributed by atoms with Crippen molar-refractivity contribution in [2.75, 3.05) is 0 Å². The number of rotatable bonds is 3. The highest BCUT2D eigenvalue weighted by molar-refractivity contribution is 5.96. The third-order valence-electron chi connectivity index (χ3n) is 2.02. The van der Waals surface area contributed by atoms with Gasteiger partial charge in [0.05, 0.1) is 12.1 Å². The van der Waals surface area contributed by atoms with Crippen LogP contribution in [0.4, 0.5) is 8.78 Å². The first-order chi connectivity index (χ1) is 7.66. The summed E-state index contributed by atoms with van der Waals surface area (Å²) in [6.07, 6.45) is 2.69.